The van der Waals surface area contributed by atoms with Crippen molar-refractivity contribution in [2.24, 2.45) is 0 Å². The van der Waals surface area contributed by atoms with Gasteiger partial charge in [0, 0.05) is 31.5 Å². The molecule has 2 nitrogen and oxygen atoms in total. The first-order valence-corrected chi connectivity index (χ1v) is 11.8. The lowest BCUT2D eigenvalue weighted by Gasteiger charge is -2.33. The molecular weight excluding hydrogens is 383 g/mol. The first-order valence-electron chi connectivity index (χ1n) is 11.8. The van der Waals surface area contributed by atoms with Crippen LogP contribution in [0.25, 0.3) is 0 Å². The van der Waals surface area contributed by atoms with Crippen LogP contribution < -0.4 is 0 Å². The molecule has 1 saturated carbocycles. The number of aryl methyl sites for hydroxylation is 1. The van der Waals surface area contributed by atoms with E-state index in [2.05, 4.69) is 80.3 Å². The zero-order valence-corrected chi connectivity index (χ0v) is 19.7. The fourth-order valence-corrected chi connectivity index (χ4v) is 4.65. The summed E-state index contributed by atoms with van der Waals surface area (Å²) in [5.74, 6) is 0.127. The first-order chi connectivity index (χ1) is 15.0. The monoisotopic (exact) mass is 422 g/mol. The van der Waals surface area contributed by atoms with Gasteiger partial charge in [-0.25, -0.2) is 4.39 Å². The largest absolute Gasteiger partial charge is 0.298 e. The van der Waals surface area contributed by atoms with Crippen LogP contribution in [-0.2, 0) is 12.8 Å². The van der Waals surface area contributed by atoms with Crippen molar-refractivity contribution in [3.05, 3.63) is 71.3 Å². The number of halogens is 1. The second-order valence-corrected chi connectivity index (χ2v) is 8.97. The normalized spacial score (nSPS) is 19.0. The predicted octanol–water partition coefficient (Wildman–Crippen LogP) is 7.10. The SMILES string of the molecule is CC#N.CC(C)N(CCc1ccccc1)C(C)CCc1ccc(C2CCCC2F)cc1. The summed E-state index contributed by atoms with van der Waals surface area (Å²) >= 11 is 0. The Bertz CT molecular complexity index is 779. The van der Waals surface area contributed by atoms with E-state index in [1.54, 1.807) is 6.07 Å². The van der Waals surface area contributed by atoms with Crippen molar-refractivity contribution in [2.75, 3.05) is 6.54 Å². The number of nitriles is 1. The van der Waals surface area contributed by atoms with Crippen molar-refractivity contribution < 1.29 is 4.39 Å². The molecule has 0 radical (unpaired) electrons. The van der Waals surface area contributed by atoms with E-state index < -0.39 is 6.17 Å². The summed E-state index contributed by atoms with van der Waals surface area (Å²) in [6.07, 6.45) is 5.46. The lowest BCUT2D eigenvalue weighted by molar-refractivity contribution is 0.158. The maximum Gasteiger partial charge on any atom is 0.107 e. The van der Waals surface area contributed by atoms with Gasteiger partial charge in [-0.1, -0.05) is 54.6 Å². The van der Waals surface area contributed by atoms with E-state index in [-0.39, 0.29) is 5.92 Å². The van der Waals surface area contributed by atoms with Gasteiger partial charge in [0.1, 0.15) is 6.17 Å². The van der Waals surface area contributed by atoms with Crippen molar-refractivity contribution in [1.82, 2.24) is 4.90 Å². The van der Waals surface area contributed by atoms with Crippen molar-refractivity contribution in [1.29, 1.82) is 5.26 Å². The quantitative estimate of drug-likeness (QED) is 0.431. The molecule has 0 aromatic heterocycles. The second-order valence-electron chi connectivity index (χ2n) is 8.97. The smallest absolute Gasteiger partial charge is 0.107 e. The van der Waals surface area contributed by atoms with E-state index in [0.717, 1.165) is 45.1 Å². The van der Waals surface area contributed by atoms with E-state index in [4.69, 9.17) is 5.26 Å². The third kappa shape index (κ3) is 8.11. The standard InChI is InChI=1S/C26H36FN.C2H3N/c1-20(2)28(19-18-22-8-5-4-6-9-22)21(3)12-13-23-14-16-24(17-15-23)25-10-7-11-26(25)27;1-2-3/h4-6,8-9,14-17,20-21,25-26H,7,10-13,18-19H2,1-3H3;1H3. The Morgan fingerprint density at radius 2 is 1.58 bits per heavy atom. The fraction of sp³-hybridized carbons (Fsp3) is 0.536. The van der Waals surface area contributed by atoms with Crippen LogP contribution in [-0.4, -0.2) is 29.7 Å². The molecule has 1 fully saturated rings. The van der Waals surface area contributed by atoms with Gasteiger partial charge in [-0.05, 0) is 76.0 Å². The highest BCUT2D eigenvalue weighted by atomic mass is 19.1. The van der Waals surface area contributed by atoms with E-state index >= 15 is 0 Å². The summed E-state index contributed by atoms with van der Waals surface area (Å²) in [6.45, 7) is 9.48. The van der Waals surface area contributed by atoms with Gasteiger partial charge in [0.25, 0.3) is 0 Å². The van der Waals surface area contributed by atoms with E-state index in [1.807, 2.05) is 0 Å². The first kappa shape index (κ1) is 25.1. The number of hydrogen-bond acceptors (Lipinski definition) is 2. The van der Waals surface area contributed by atoms with Gasteiger partial charge in [-0.2, -0.15) is 5.26 Å². The van der Waals surface area contributed by atoms with Gasteiger partial charge in [-0.15, -0.1) is 0 Å². The minimum absolute atomic E-state index is 0.127. The Morgan fingerprint density at radius 1 is 0.968 bits per heavy atom. The molecule has 0 aliphatic heterocycles. The summed E-state index contributed by atoms with van der Waals surface area (Å²) in [6, 6.07) is 22.4. The summed E-state index contributed by atoms with van der Waals surface area (Å²) in [4.78, 5) is 2.62. The van der Waals surface area contributed by atoms with Gasteiger partial charge in [0.2, 0.25) is 0 Å². The molecular formula is C28H39FN2. The van der Waals surface area contributed by atoms with Crippen LogP contribution in [0.2, 0.25) is 0 Å². The fourth-order valence-electron chi connectivity index (χ4n) is 4.65. The average molecular weight is 423 g/mol. The van der Waals surface area contributed by atoms with Crippen LogP contribution >= 0.6 is 0 Å². The minimum atomic E-state index is -0.643. The maximum absolute atomic E-state index is 14.0. The number of hydrogen-bond donors (Lipinski definition) is 0. The maximum atomic E-state index is 14.0. The van der Waals surface area contributed by atoms with Crippen LogP contribution in [0.3, 0.4) is 0 Å². The van der Waals surface area contributed by atoms with Crippen LogP contribution in [0.5, 0.6) is 0 Å². The third-order valence-corrected chi connectivity index (χ3v) is 6.42. The Hall–Kier alpha value is -2.18. The summed E-state index contributed by atoms with van der Waals surface area (Å²) in [5, 5.41) is 7.32. The third-order valence-electron chi connectivity index (χ3n) is 6.42. The van der Waals surface area contributed by atoms with Crippen molar-refractivity contribution in [2.45, 2.75) is 90.4 Å². The zero-order chi connectivity index (χ0) is 22.6. The molecule has 0 N–H and O–H groups in total. The summed E-state index contributed by atoms with van der Waals surface area (Å²) in [7, 11) is 0. The van der Waals surface area contributed by atoms with Gasteiger partial charge >= 0.3 is 0 Å². The lowest BCUT2D eigenvalue weighted by atomic mass is 9.94. The number of rotatable bonds is 9. The zero-order valence-electron chi connectivity index (χ0n) is 19.7. The van der Waals surface area contributed by atoms with E-state index in [0.29, 0.717) is 12.1 Å². The number of benzene rings is 2. The van der Waals surface area contributed by atoms with Crippen LogP contribution in [0, 0.1) is 11.3 Å². The van der Waals surface area contributed by atoms with E-state index in [1.165, 1.54) is 23.6 Å². The van der Waals surface area contributed by atoms with E-state index in [9.17, 15) is 4.39 Å². The number of alkyl halides is 1. The van der Waals surface area contributed by atoms with Crippen molar-refractivity contribution >= 4 is 0 Å². The molecule has 0 spiro atoms. The Kier molecular flexibility index (Phi) is 10.7. The minimum Gasteiger partial charge on any atom is -0.298 e. The molecule has 1 aliphatic rings. The highest BCUT2D eigenvalue weighted by Gasteiger charge is 2.28. The van der Waals surface area contributed by atoms with Crippen molar-refractivity contribution in [3.8, 4) is 6.07 Å². The summed E-state index contributed by atoms with van der Waals surface area (Å²) < 4.78 is 14.0. The Morgan fingerprint density at radius 3 is 2.13 bits per heavy atom. The van der Waals surface area contributed by atoms with Crippen molar-refractivity contribution in [3.63, 3.8) is 0 Å². The Labute approximate surface area is 189 Å². The molecule has 31 heavy (non-hydrogen) atoms. The highest BCUT2D eigenvalue weighted by molar-refractivity contribution is 5.27. The molecule has 0 saturated heterocycles. The molecule has 0 bridgehead atoms. The average Bonchev–Trinajstić information content (AvgIpc) is 3.20. The molecule has 2 aromatic carbocycles. The van der Waals surface area contributed by atoms with Crippen LogP contribution in [0.4, 0.5) is 4.39 Å². The van der Waals surface area contributed by atoms with Crippen LogP contribution in [0.1, 0.15) is 76.0 Å². The molecule has 3 unspecified atom stereocenters. The van der Waals surface area contributed by atoms with Crippen LogP contribution in [0.15, 0.2) is 54.6 Å². The Balaban J connectivity index is 0.00000107. The molecule has 2 aromatic rings. The molecule has 3 heteroatoms. The van der Waals surface area contributed by atoms with Gasteiger partial charge in [0.15, 0.2) is 0 Å². The summed E-state index contributed by atoms with van der Waals surface area (Å²) in [5.41, 5.74) is 3.97. The molecule has 1 aliphatic carbocycles. The topological polar surface area (TPSA) is 27.0 Å². The second kappa shape index (κ2) is 13.3. The van der Waals surface area contributed by atoms with Gasteiger partial charge in [0.05, 0.1) is 6.07 Å². The van der Waals surface area contributed by atoms with Gasteiger partial charge in [-0.3, -0.25) is 4.90 Å². The highest BCUT2D eigenvalue weighted by Crippen LogP contribution is 2.36. The lowest BCUT2D eigenvalue weighted by Crippen LogP contribution is -2.40. The van der Waals surface area contributed by atoms with Gasteiger partial charge < -0.3 is 0 Å². The molecule has 3 rings (SSSR count). The predicted molar refractivity (Wildman–Crippen MR) is 129 cm³/mol. The molecule has 0 heterocycles. The number of nitrogens with zero attached hydrogens (tertiary/aromatic N) is 2. The molecule has 0 amide bonds. The molecule has 168 valence electrons. The molecule has 3 atom stereocenters.